The first kappa shape index (κ1) is 23.7. The third-order valence-electron chi connectivity index (χ3n) is 5.01. The molecule has 1 atom stereocenters. The molecule has 6 nitrogen and oxygen atoms in total. The number of anilines is 1. The summed E-state index contributed by atoms with van der Waals surface area (Å²) in [4.78, 5) is 4.46. The van der Waals surface area contributed by atoms with Gasteiger partial charge in [-0.15, -0.1) is 0 Å². The Kier molecular flexibility index (Phi) is 8.89. The largest absolute Gasteiger partial charge is 0.495 e. The lowest BCUT2D eigenvalue weighted by Gasteiger charge is -2.37. The number of halogens is 3. The van der Waals surface area contributed by atoms with E-state index in [0.717, 1.165) is 49.7 Å². The standard InChI is InChI=1S/C22H27BrF2N2O4/c1-29-21-5-3-2-4-20(21)27-8-6-26(7-9-27)14-17(28)15-30-10-11-31-22-18(24)12-16(23)13-19(22)25/h2-5,12-13,17,28H,6-11,14-15H2,1H3. The van der Waals surface area contributed by atoms with Gasteiger partial charge in [-0.1, -0.05) is 28.1 Å². The minimum atomic E-state index is -0.779. The number of hydrogen-bond acceptors (Lipinski definition) is 6. The second-order valence-corrected chi connectivity index (χ2v) is 8.15. The Morgan fingerprint density at radius 3 is 2.42 bits per heavy atom. The number of para-hydroxylation sites is 2. The van der Waals surface area contributed by atoms with Gasteiger partial charge in [0.25, 0.3) is 0 Å². The van der Waals surface area contributed by atoms with E-state index in [9.17, 15) is 13.9 Å². The topological polar surface area (TPSA) is 54.4 Å². The van der Waals surface area contributed by atoms with E-state index in [2.05, 4.69) is 25.7 Å². The second-order valence-electron chi connectivity index (χ2n) is 7.24. The first-order chi connectivity index (χ1) is 15.0. The van der Waals surface area contributed by atoms with Gasteiger partial charge in [0.15, 0.2) is 17.4 Å². The Bertz CT molecular complexity index is 827. The van der Waals surface area contributed by atoms with Gasteiger partial charge >= 0.3 is 0 Å². The van der Waals surface area contributed by atoms with Crippen molar-refractivity contribution in [3.63, 3.8) is 0 Å². The molecule has 31 heavy (non-hydrogen) atoms. The molecule has 0 aliphatic carbocycles. The Morgan fingerprint density at radius 1 is 1.06 bits per heavy atom. The zero-order valence-electron chi connectivity index (χ0n) is 17.4. The van der Waals surface area contributed by atoms with Gasteiger partial charge in [0, 0.05) is 37.2 Å². The number of aliphatic hydroxyl groups is 1. The van der Waals surface area contributed by atoms with Crippen molar-refractivity contribution in [3.05, 3.63) is 52.5 Å². The highest BCUT2D eigenvalue weighted by Gasteiger charge is 2.21. The Hall–Kier alpha value is -1.94. The molecule has 0 bridgehead atoms. The minimum absolute atomic E-state index is 0.0141. The highest BCUT2D eigenvalue weighted by atomic mass is 79.9. The number of nitrogens with zero attached hydrogens (tertiary/aromatic N) is 2. The summed E-state index contributed by atoms with van der Waals surface area (Å²) in [7, 11) is 1.67. The molecule has 3 rings (SSSR count). The van der Waals surface area contributed by atoms with Crippen molar-refractivity contribution in [2.24, 2.45) is 0 Å². The molecule has 9 heteroatoms. The van der Waals surface area contributed by atoms with E-state index in [1.165, 1.54) is 0 Å². The average molecular weight is 501 g/mol. The summed E-state index contributed by atoms with van der Waals surface area (Å²) in [6.07, 6.45) is -0.654. The monoisotopic (exact) mass is 500 g/mol. The zero-order valence-corrected chi connectivity index (χ0v) is 19.0. The number of benzene rings is 2. The highest BCUT2D eigenvalue weighted by molar-refractivity contribution is 9.10. The van der Waals surface area contributed by atoms with Crippen LogP contribution in [0.1, 0.15) is 0 Å². The maximum absolute atomic E-state index is 13.7. The third kappa shape index (κ3) is 6.77. The molecular formula is C22H27BrF2N2O4. The van der Waals surface area contributed by atoms with Crippen LogP contribution in [0.2, 0.25) is 0 Å². The van der Waals surface area contributed by atoms with Crippen molar-refractivity contribution in [1.82, 2.24) is 4.90 Å². The van der Waals surface area contributed by atoms with E-state index in [1.807, 2.05) is 24.3 Å². The first-order valence-corrected chi connectivity index (χ1v) is 10.9. The summed E-state index contributed by atoms with van der Waals surface area (Å²) in [5.74, 6) is -1.13. The van der Waals surface area contributed by atoms with Crippen molar-refractivity contribution in [2.75, 3.05) is 64.6 Å². The van der Waals surface area contributed by atoms with Crippen molar-refractivity contribution < 1.29 is 28.1 Å². The quantitative estimate of drug-likeness (QED) is 0.505. The van der Waals surface area contributed by atoms with Gasteiger partial charge in [-0.3, -0.25) is 4.90 Å². The number of rotatable bonds is 10. The molecule has 1 N–H and O–H groups in total. The number of piperazine rings is 1. The van der Waals surface area contributed by atoms with Crippen LogP contribution < -0.4 is 14.4 Å². The molecule has 1 aliphatic rings. The van der Waals surface area contributed by atoms with E-state index in [0.29, 0.717) is 11.0 Å². The van der Waals surface area contributed by atoms with Gasteiger partial charge < -0.3 is 24.2 Å². The predicted octanol–water partition coefficient (Wildman–Crippen LogP) is 3.31. The Balaban J connectivity index is 1.33. The predicted molar refractivity (Wildman–Crippen MR) is 118 cm³/mol. The number of aliphatic hydroxyl groups excluding tert-OH is 1. The van der Waals surface area contributed by atoms with E-state index >= 15 is 0 Å². The fourth-order valence-corrected chi connectivity index (χ4v) is 3.90. The first-order valence-electron chi connectivity index (χ1n) is 10.1. The van der Waals surface area contributed by atoms with Crippen LogP contribution in [0.25, 0.3) is 0 Å². The van der Waals surface area contributed by atoms with Gasteiger partial charge in [-0.25, -0.2) is 8.78 Å². The van der Waals surface area contributed by atoms with Gasteiger partial charge in [-0.2, -0.15) is 0 Å². The zero-order chi connectivity index (χ0) is 22.2. The van der Waals surface area contributed by atoms with Crippen LogP contribution in [0.3, 0.4) is 0 Å². The molecule has 1 aliphatic heterocycles. The summed E-state index contributed by atoms with van der Waals surface area (Å²) in [5, 5.41) is 10.2. The second kappa shape index (κ2) is 11.6. The van der Waals surface area contributed by atoms with Crippen LogP contribution in [0.4, 0.5) is 14.5 Å². The Morgan fingerprint density at radius 2 is 1.74 bits per heavy atom. The van der Waals surface area contributed by atoms with Crippen LogP contribution in [-0.2, 0) is 4.74 Å². The maximum atomic E-state index is 13.7. The van der Waals surface area contributed by atoms with Crippen LogP contribution in [0.15, 0.2) is 40.9 Å². The van der Waals surface area contributed by atoms with E-state index in [-0.39, 0.29) is 19.8 Å². The molecule has 0 amide bonds. The van der Waals surface area contributed by atoms with Gasteiger partial charge in [-0.05, 0) is 24.3 Å². The fraction of sp³-hybridized carbons (Fsp3) is 0.455. The highest BCUT2D eigenvalue weighted by Crippen LogP contribution is 2.28. The van der Waals surface area contributed by atoms with Crippen LogP contribution in [0.5, 0.6) is 11.5 Å². The van der Waals surface area contributed by atoms with E-state index < -0.39 is 23.5 Å². The molecule has 2 aromatic carbocycles. The molecule has 1 unspecified atom stereocenters. The fourth-order valence-electron chi connectivity index (χ4n) is 3.50. The molecule has 1 saturated heterocycles. The lowest BCUT2D eigenvalue weighted by molar-refractivity contribution is 0.00654. The molecule has 170 valence electrons. The number of hydrogen-bond donors (Lipinski definition) is 1. The summed E-state index contributed by atoms with van der Waals surface area (Å²) in [6, 6.07) is 10.2. The summed E-state index contributed by atoms with van der Waals surface area (Å²) < 4.78 is 43.7. The Labute approximate surface area is 189 Å². The molecule has 0 aromatic heterocycles. The lowest BCUT2D eigenvalue weighted by Crippen LogP contribution is -2.49. The van der Waals surface area contributed by atoms with E-state index in [4.69, 9.17) is 14.2 Å². The normalized spacial score (nSPS) is 15.7. The number of ether oxygens (including phenoxy) is 3. The molecule has 1 heterocycles. The number of methoxy groups -OCH3 is 1. The van der Waals surface area contributed by atoms with Gasteiger partial charge in [0.2, 0.25) is 0 Å². The SMILES string of the molecule is COc1ccccc1N1CCN(CC(O)COCCOc2c(F)cc(Br)cc2F)CC1. The maximum Gasteiger partial charge on any atom is 0.190 e. The molecule has 2 aromatic rings. The van der Waals surface area contributed by atoms with Crippen molar-refractivity contribution in [3.8, 4) is 11.5 Å². The smallest absolute Gasteiger partial charge is 0.190 e. The van der Waals surface area contributed by atoms with Crippen LogP contribution in [0, 0.1) is 11.6 Å². The van der Waals surface area contributed by atoms with Gasteiger partial charge in [0.1, 0.15) is 12.4 Å². The summed E-state index contributed by atoms with van der Waals surface area (Å²) >= 11 is 3.02. The summed E-state index contributed by atoms with van der Waals surface area (Å²) in [6.45, 7) is 4.05. The van der Waals surface area contributed by atoms with Crippen LogP contribution in [-0.4, -0.2) is 75.8 Å². The molecule has 0 spiro atoms. The number of β-amino-alcohol motifs (C(OH)–C–C–N with tert-alkyl or cyclic N) is 1. The van der Waals surface area contributed by atoms with Crippen LogP contribution >= 0.6 is 15.9 Å². The van der Waals surface area contributed by atoms with Crippen molar-refractivity contribution in [2.45, 2.75) is 6.10 Å². The molecule has 1 fully saturated rings. The minimum Gasteiger partial charge on any atom is -0.495 e. The van der Waals surface area contributed by atoms with Crippen molar-refractivity contribution in [1.29, 1.82) is 0 Å². The average Bonchev–Trinajstić information content (AvgIpc) is 2.75. The van der Waals surface area contributed by atoms with Crippen molar-refractivity contribution >= 4 is 21.6 Å². The summed E-state index contributed by atoms with van der Waals surface area (Å²) in [5.41, 5.74) is 1.08. The van der Waals surface area contributed by atoms with E-state index in [1.54, 1.807) is 7.11 Å². The molecular weight excluding hydrogens is 474 g/mol. The van der Waals surface area contributed by atoms with Gasteiger partial charge in [0.05, 0.1) is 32.1 Å². The molecule has 0 radical (unpaired) electrons. The lowest BCUT2D eigenvalue weighted by atomic mass is 10.2. The molecule has 0 saturated carbocycles. The third-order valence-corrected chi connectivity index (χ3v) is 5.47.